The number of imide groups is 1. The van der Waals surface area contributed by atoms with Crippen LogP contribution in [0.15, 0.2) is 5.16 Å². The molecule has 7 nitrogen and oxygen atoms in total. The predicted molar refractivity (Wildman–Crippen MR) is 46.7 cm³/mol. The van der Waals surface area contributed by atoms with E-state index >= 15 is 0 Å². The van der Waals surface area contributed by atoms with Crippen molar-refractivity contribution in [3.05, 3.63) is 7.11 Å². The van der Waals surface area contributed by atoms with Gasteiger partial charge < -0.3 is 10.2 Å². The third-order valence-electron chi connectivity index (χ3n) is 1.04. The Labute approximate surface area is 80.7 Å². The maximum atomic E-state index is 11.0. The molecule has 0 aliphatic heterocycles. The molecular formula is C7H9N4O3. The van der Waals surface area contributed by atoms with Crippen LogP contribution in [0, 0.1) is 18.4 Å². The maximum Gasteiger partial charge on any atom is 0.321 e. The van der Waals surface area contributed by atoms with Gasteiger partial charge in [-0.3, -0.25) is 10.1 Å². The standard InChI is InChI=1S/C7H9N4O3/c1-3-9-7(13)10-6(12)5(4-8)11-14-2/h2-3H2,1H3,(H2,9,10,12,13)/b11-5+. The molecule has 0 aliphatic rings. The number of carbonyl (C=O) groups excluding carboxylic acids is 2. The monoisotopic (exact) mass is 197 g/mol. The van der Waals surface area contributed by atoms with E-state index in [4.69, 9.17) is 5.26 Å². The van der Waals surface area contributed by atoms with Crippen LogP contribution in [0.2, 0.25) is 0 Å². The minimum Gasteiger partial charge on any atom is -0.391 e. The molecule has 0 aliphatic carbocycles. The molecule has 0 heterocycles. The SMILES string of the molecule is [CH2]O/N=C(\C#N)C(=O)NC(=O)NCC. The molecule has 0 bridgehead atoms. The fourth-order valence-electron chi connectivity index (χ4n) is 0.544. The highest BCUT2D eigenvalue weighted by atomic mass is 16.6. The Morgan fingerprint density at radius 1 is 1.64 bits per heavy atom. The molecule has 0 fully saturated rings. The van der Waals surface area contributed by atoms with Crippen molar-refractivity contribution < 1.29 is 14.4 Å². The molecule has 0 rings (SSSR count). The maximum absolute atomic E-state index is 11.0. The predicted octanol–water partition coefficient (Wildman–Crippen LogP) is -0.480. The van der Waals surface area contributed by atoms with Crippen LogP contribution >= 0.6 is 0 Å². The topological polar surface area (TPSA) is 104 Å². The molecule has 0 spiro atoms. The molecule has 14 heavy (non-hydrogen) atoms. The van der Waals surface area contributed by atoms with E-state index in [0.29, 0.717) is 6.54 Å². The van der Waals surface area contributed by atoms with Crippen LogP contribution in [-0.2, 0) is 9.63 Å². The molecule has 0 atom stereocenters. The Bertz CT molecular complexity index is 292. The fraction of sp³-hybridized carbons (Fsp3) is 0.286. The van der Waals surface area contributed by atoms with Crippen molar-refractivity contribution in [2.24, 2.45) is 5.16 Å². The summed E-state index contributed by atoms with van der Waals surface area (Å²) in [6, 6.07) is 0.739. The van der Waals surface area contributed by atoms with Crippen LogP contribution in [-0.4, -0.2) is 24.2 Å². The number of nitrogens with one attached hydrogen (secondary N) is 2. The summed E-state index contributed by atoms with van der Waals surface area (Å²) in [5.41, 5.74) is -0.578. The smallest absolute Gasteiger partial charge is 0.321 e. The molecule has 2 N–H and O–H groups in total. The van der Waals surface area contributed by atoms with Crippen LogP contribution in [0.4, 0.5) is 4.79 Å². The van der Waals surface area contributed by atoms with Gasteiger partial charge in [-0.25, -0.2) is 4.79 Å². The Hall–Kier alpha value is -2.10. The lowest BCUT2D eigenvalue weighted by molar-refractivity contribution is -0.113. The van der Waals surface area contributed by atoms with Crippen molar-refractivity contribution in [1.82, 2.24) is 10.6 Å². The van der Waals surface area contributed by atoms with Crippen LogP contribution in [0.1, 0.15) is 6.92 Å². The Balaban J connectivity index is 4.27. The van der Waals surface area contributed by atoms with Crippen molar-refractivity contribution in [1.29, 1.82) is 5.26 Å². The van der Waals surface area contributed by atoms with Gasteiger partial charge in [0.05, 0.1) is 0 Å². The molecule has 0 aromatic carbocycles. The van der Waals surface area contributed by atoms with E-state index in [-0.39, 0.29) is 0 Å². The average Bonchev–Trinajstić information content (AvgIpc) is 2.14. The lowest BCUT2D eigenvalue weighted by atomic mass is 10.4. The number of oxime groups is 1. The lowest BCUT2D eigenvalue weighted by Crippen LogP contribution is -2.42. The highest BCUT2D eigenvalue weighted by molar-refractivity contribution is 6.46. The average molecular weight is 197 g/mol. The van der Waals surface area contributed by atoms with Gasteiger partial charge in [0.2, 0.25) is 5.71 Å². The van der Waals surface area contributed by atoms with Gasteiger partial charge in [0.15, 0.2) is 7.11 Å². The third-order valence-corrected chi connectivity index (χ3v) is 1.04. The van der Waals surface area contributed by atoms with Crippen LogP contribution in [0.25, 0.3) is 0 Å². The van der Waals surface area contributed by atoms with Gasteiger partial charge in [-0.05, 0) is 6.92 Å². The first-order valence-corrected chi connectivity index (χ1v) is 3.64. The molecule has 0 aromatic heterocycles. The van der Waals surface area contributed by atoms with Gasteiger partial charge in [0.1, 0.15) is 6.07 Å². The minimum absolute atomic E-state index is 0.365. The summed E-state index contributed by atoms with van der Waals surface area (Å²) in [7, 11) is 2.85. The molecule has 0 unspecified atom stereocenters. The minimum atomic E-state index is -0.943. The third kappa shape index (κ3) is 4.06. The zero-order valence-electron chi connectivity index (χ0n) is 7.53. The molecular weight excluding hydrogens is 188 g/mol. The first kappa shape index (κ1) is 11.9. The van der Waals surface area contributed by atoms with Crippen LogP contribution in [0.3, 0.4) is 0 Å². The van der Waals surface area contributed by atoms with Gasteiger partial charge in [0, 0.05) is 6.54 Å². The molecule has 0 saturated carbocycles. The largest absolute Gasteiger partial charge is 0.391 e. The number of rotatable bonds is 3. The molecule has 7 heteroatoms. The summed E-state index contributed by atoms with van der Waals surface area (Å²) in [6.45, 7) is 2.05. The molecule has 1 radical (unpaired) electrons. The van der Waals surface area contributed by atoms with Gasteiger partial charge >= 0.3 is 6.03 Å². The van der Waals surface area contributed by atoms with Crippen molar-refractivity contribution in [3.8, 4) is 6.07 Å². The number of urea groups is 1. The van der Waals surface area contributed by atoms with Crippen LogP contribution < -0.4 is 10.6 Å². The highest BCUT2D eigenvalue weighted by Crippen LogP contribution is 1.80. The van der Waals surface area contributed by atoms with E-state index in [0.717, 1.165) is 0 Å². The van der Waals surface area contributed by atoms with Gasteiger partial charge in [-0.1, -0.05) is 5.16 Å². The summed E-state index contributed by atoms with van der Waals surface area (Å²) < 4.78 is 0. The van der Waals surface area contributed by atoms with E-state index in [1.807, 2.05) is 5.32 Å². The van der Waals surface area contributed by atoms with Gasteiger partial charge in [0.25, 0.3) is 5.91 Å². The molecule has 0 aromatic rings. The van der Waals surface area contributed by atoms with Crippen LogP contribution in [0.5, 0.6) is 0 Å². The zero-order valence-corrected chi connectivity index (χ0v) is 7.53. The number of carbonyl (C=O) groups is 2. The second-order valence-electron chi connectivity index (χ2n) is 1.99. The van der Waals surface area contributed by atoms with Crippen molar-refractivity contribution in [2.45, 2.75) is 6.92 Å². The molecule has 75 valence electrons. The number of nitriles is 1. The van der Waals surface area contributed by atoms with E-state index in [9.17, 15) is 9.59 Å². The second-order valence-corrected chi connectivity index (χ2v) is 1.99. The highest BCUT2D eigenvalue weighted by Gasteiger charge is 2.14. The summed E-state index contributed by atoms with van der Waals surface area (Å²) in [4.78, 5) is 25.8. The Morgan fingerprint density at radius 2 is 2.29 bits per heavy atom. The van der Waals surface area contributed by atoms with Crippen molar-refractivity contribution in [3.63, 3.8) is 0 Å². The summed E-state index contributed by atoms with van der Waals surface area (Å²) in [5.74, 6) is -0.943. The number of amides is 3. The second kappa shape index (κ2) is 6.42. The van der Waals surface area contributed by atoms with E-state index in [1.54, 1.807) is 6.92 Å². The lowest BCUT2D eigenvalue weighted by Gasteiger charge is -2.01. The van der Waals surface area contributed by atoms with Gasteiger partial charge in [-0.15, -0.1) is 0 Å². The van der Waals surface area contributed by atoms with Crippen molar-refractivity contribution in [2.75, 3.05) is 6.54 Å². The van der Waals surface area contributed by atoms with E-state index in [2.05, 4.69) is 22.4 Å². The quantitative estimate of drug-likeness (QED) is 0.471. The first-order chi connectivity index (χ1) is 6.65. The molecule has 3 amide bonds. The Kier molecular flexibility index (Phi) is 5.46. The summed E-state index contributed by atoms with van der Waals surface area (Å²) in [6.07, 6.45) is 0. The number of nitrogens with zero attached hydrogens (tertiary/aromatic N) is 2. The van der Waals surface area contributed by atoms with Gasteiger partial charge in [-0.2, -0.15) is 5.26 Å². The summed E-state index contributed by atoms with van der Waals surface area (Å²) >= 11 is 0. The zero-order chi connectivity index (χ0) is 11.0. The number of hydrogen-bond donors (Lipinski definition) is 2. The normalized spacial score (nSPS) is 9.93. The molecule has 0 saturated heterocycles. The van der Waals surface area contributed by atoms with E-state index < -0.39 is 17.6 Å². The van der Waals surface area contributed by atoms with E-state index in [1.165, 1.54) is 6.07 Å². The van der Waals surface area contributed by atoms with Crippen molar-refractivity contribution >= 4 is 17.6 Å². The Morgan fingerprint density at radius 3 is 2.71 bits per heavy atom. The fourth-order valence-corrected chi connectivity index (χ4v) is 0.544. The number of hydrogen-bond acceptors (Lipinski definition) is 5. The first-order valence-electron chi connectivity index (χ1n) is 3.64. The summed E-state index contributed by atoms with van der Waals surface area (Å²) in [5, 5.41) is 15.6.